The van der Waals surface area contributed by atoms with E-state index in [2.05, 4.69) is 15.0 Å². The summed E-state index contributed by atoms with van der Waals surface area (Å²) in [6.07, 6.45) is 2.71. The third-order valence-electron chi connectivity index (χ3n) is 4.96. The smallest absolute Gasteiger partial charge is 0.334 e. The molecule has 2 aromatic heterocycles. The van der Waals surface area contributed by atoms with E-state index >= 15 is 0 Å². The molecule has 0 amide bonds. The normalized spacial score (nSPS) is 15.0. The van der Waals surface area contributed by atoms with Crippen LogP contribution in [-0.2, 0) is 9.53 Å². The Balaban J connectivity index is 1.67. The van der Waals surface area contributed by atoms with E-state index in [1.807, 2.05) is 11.0 Å². The van der Waals surface area contributed by atoms with Gasteiger partial charge < -0.3 is 9.64 Å². The van der Waals surface area contributed by atoms with Gasteiger partial charge in [0.1, 0.15) is 5.39 Å². The number of ether oxygens (including phenoxy) is 1. The Morgan fingerprint density at radius 1 is 1.18 bits per heavy atom. The first-order valence-corrected chi connectivity index (χ1v) is 8.99. The number of rotatable bonds is 3. The quantitative estimate of drug-likeness (QED) is 0.670. The van der Waals surface area contributed by atoms with Crippen LogP contribution in [-0.4, -0.2) is 45.7 Å². The molecule has 3 heterocycles. The fourth-order valence-corrected chi connectivity index (χ4v) is 3.44. The van der Waals surface area contributed by atoms with Crippen molar-refractivity contribution in [3.8, 4) is 5.69 Å². The first-order valence-electron chi connectivity index (χ1n) is 8.99. The monoisotopic (exact) mass is 381 g/mol. The van der Waals surface area contributed by atoms with Crippen LogP contribution in [0.3, 0.4) is 0 Å². The molecule has 9 nitrogen and oxygen atoms in total. The number of esters is 1. The number of carbonyl (C=O) groups is 1. The Kier molecular flexibility index (Phi) is 4.64. The van der Waals surface area contributed by atoms with Gasteiger partial charge in [-0.1, -0.05) is 18.2 Å². The lowest BCUT2D eigenvalue weighted by Crippen LogP contribution is -2.38. The molecule has 1 aliphatic rings. The van der Waals surface area contributed by atoms with E-state index in [4.69, 9.17) is 4.74 Å². The minimum absolute atomic E-state index is 0.125. The summed E-state index contributed by atoms with van der Waals surface area (Å²) >= 11 is 0. The number of nitrogens with one attached hydrogen (secondary N) is 1. The second-order valence-electron chi connectivity index (χ2n) is 6.62. The van der Waals surface area contributed by atoms with Crippen molar-refractivity contribution in [1.29, 1.82) is 0 Å². The molecule has 0 radical (unpaired) electrons. The number of anilines is 1. The second-order valence-corrected chi connectivity index (χ2v) is 6.62. The number of aromatic amines is 1. The van der Waals surface area contributed by atoms with Crippen molar-refractivity contribution in [3.63, 3.8) is 0 Å². The zero-order valence-corrected chi connectivity index (χ0v) is 15.3. The lowest BCUT2D eigenvalue weighted by molar-refractivity contribution is -0.146. The molecular weight excluding hydrogens is 362 g/mol. The van der Waals surface area contributed by atoms with Gasteiger partial charge in [-0.15, -0.1) is 0 Å². The van der Waals surface area contributed by atoms with Crippen LogP contribution in [0.25, 0.3) is 16.7 Å². The zero-order valence-electron chi connectivity index (χ0n) is 15.3. The van der Waals surface area contributed by atoms with Crippen LogP contribution in [0.5, 0.6) is 0 Å². The van der Waals surface area contributed by atoms with Crippen molar-refractivity contribution in [2.45, 2.75) is 12.8 Å². The van der Waals surface area contributed by atoms with Gasteiger partial charge in [0.2, 0.25) is 5.95 Å². The summed E-state index contributed by atoms with van der Waals surface area (Å²) in [7, 11) is 1.39. The molecule has 1 saturated heterocycles. The van der Waals surface area contributed by atoms with Crippen LogP contribution in [0.1, 0.15) is 12.8 Å². The molecule has 1 aromatic carbocycles. The Labute approximate surface area is 159 Å². The molecule has 28 heavy (non-hydrogen) atoms. The maximum atomic E-state index is 12.8. The average molecular weight is 381 g/mol. The molecule has 0 atom stereocenters. The number of benzene rings is 1. The van der Waals surface area contributed by atoms with Crippen molar-refractivity contribution in [1.82, 2.24) is 19.5 Å². The molecule has 9 heteroatoms. The number of hydrogen-bond acceptors (Lipinski definition) is 7. The van der Waals surface area contributed by atoms with Crippen LogP contribution < -0.4 is 16.1 Å². The highest BCUT2D eigenvalue weighted by Gasteiger charge is 2.27. The minimum Gasteiger partial charge on any atom is -0.469 e. The van der Waals surface area contributed by atoms with E-state index in [0.29, 0.717) is 37.6 Å². The molecular formula is C19H19N5O4. The molecule has 1 fully saturated rings. The summed E-state index contributed by atoms with van der Waals surface area (Å²) < 4.78 is 5.86. The molecule has 0 saturated carbocycles. The summed E-state index contributed by atoms with van der Waals surface area (Å²) in [5.41, 5.74) is -0.356. The van der Waals surface area contributed by atoms with Crippen molar-refractivity contribution < 1.29 is 9.53 Å². The number of fused-ring (bicyclic) bond motifs is 1. The molecule has 0 aliphatic carbocycles. The molecule has 0 bridgehead atoms. The van der Waals surface area contributed by atoms with Gasteiger partial charge in [0.15, 0.2) is 5.65 Å². The van der Waals surface area contributed by atoms with Gasteiger partial charge in [0.05, 0.1) is 18.7 Å². The van der Waals surface area contributed by atoms with Crippen molar-refractivity contribution in [2.24, 2.45) is 5.92 Å². The Bertz CT molecular complexity index is 1130. The highest BCUT2D eigenvalue weighted by Crippen LogP contribution is 2.22. The number of carbonyl (C=O) groups excluding carboxylic acids is 1. The molecule has 3 aromatic rings. The number of methoxy groups -OCH3 is 1. The molecule has 1 aliphatic heterocycles. The van der Waals surface area contributed by atoms with Crippen molar-refractivity contribution in [3.05, 3.63) is 57.4 Å². The fraction of sp³-hybridized carbons (Fsp3) is 0.316. The van der Waals surface area contributed by atoms with E-state index in [1.165, 1.54) is 13.3 Å². The summed E-state index contributed by atoms with van der Waals surface area (Å²) in [5.74, 6) is 0.0905. The van der Waals surface area contributed by atoms with Gasteiger partial charge in [-0.3, -0.25) is 14.6 Å². The Morgan fingerprint density at radius 2 is 1.89 bits per heavy atom. The van der Waals surface area contributed by atoms with Crippen molar-refractivity contribution in [2.75, 3.05) is 25.1 Å². The van der Waals surface area contributed by atoms with Gasteiger partial charge in [-0.25, -0.2) is 14.3 Å². The standard InChI is InChI=1S/C19H19N5O4/c1-28-17(26)12-7-9-23(10-8-12)18-20-11-14-15(21-18)22-19(27)24(16(14)25)13-5-3-2-4-6-13/h2-6,11-12H,7-10H2,1H3,(H,20,21,22,27). The predicted octanol–water partition coefficient (Wildman–Crippen LogP) is 0.858. The molecule has 4 rings (SSSR count). The zero-order chi connectivity index (χ0) is 19.7. The fourth-order valence-electron chi connectivity index (χ4n) is 3.44. The highest BCUT2D eigenvalue weighted by atomic mass is 16.5. The Hall–Kier alpha value is -3.49. The summed E-state index contributed by atoms with van der Waals surface area (Å²) in [4.78, 5) is 50.2. The number of piperidine rings is 1. The van der Waals surface area contributed by atoms with Crippen LogP contribution >= 0.6 is 0 Å². The number of aromatic nitrogens is 4. The number of hydrogen-bond donors (Lipinski definition) is 1. The molecule has 144 valence electrons. The SMILES string of the molecule is COC(=O)C1CCN(c2ncc3c(=O)n(-c4ccccc4)c(=O)[nH]c3n2)CC1. The van der Waals surface area contributed by atoms with Gasteiger partial charge >= 0.3 is 11.7 Å². The van der Waals surface area contributed by atoms with Crippen LogP contribution in [0.2, 0.25) is 0 Å². The lowest BCUT2D eigenvalue weighted by Gasteiger charge is -2.30. The maximum absolute atomic E-state index is 12.8. The van der Waals surface area contributed by atoms with Crippen LogP contribution in [0.15, 0.2) is 46.1 Å². The van der Waals surface area contributed by atoms with Gasteiger partial charge in [0, 0.05) is 19.3 Å². The third kappa shape index (κ3) is 3.15. The minimum atomic E-state index is -0.558. The van der Waals surface area contributed by atoms with E-state index in [9.17, 15) is 14.4 Å². The first kappa shape index (κ1) is 17.9. The van der Waals surface area contributed by atoms with E-state index in [0.717, 1.165) is 4.57 Å². The van der Waals surface area contributed by atoms with Crippen LogP contribution in [0.4, 0.5) is 5.95 Å². The van der Waals surface area contributed by atoms with Crippen molar-refractivity contribution >= 4 is 23.0 Å². The summed E-state index contributed by atoms with van der Waals surface area (Å²) in [6.45, 7) is 1.19. The third-order valence-corrected chi connectivity index (χ3v) is 4.96. The van der Waals surface area contributed by atoms with Gasteiger partial charge in [-0.2, -0.15) is 4.98 Å². The number of H-pyrrole nitrogens is 1. The number of para-hydroxylation sites is 1. The first-order chi connectivity index (χ1) is 13.6. The molecule has 0 unspecified atom stereocenters. The van der Waals surface area contributed by atoms with Crippen LogP contribution in [0, 0.1) is 5.92 Å². The van der Waals surface area contributed by atoms with Gasteiger partial charge in [0.25, 0.3) is 5.56 Å². The lowest BCUT2D eigenvalue weighted by atomic mass is 9.97. The summed E-state index contributed by atoms with van der Waals surface area (Å²) in [5, 5.41) is 0.233. The highest BCUT2D eigenvalue weighted by molar-refractivity contribution is 5.74. The van der Waals surface area contributed by atoms with Gasteiger partial charge in [-0.05, 0) is 25.0 Å². The molecule has 0 spiro atoms. The average Bonchev–Trinajstić information content (AvgIpc) is 2.73. The topological polar surface area (TPSA) is 110 Å². The second kappa shape index (κ2) is 7.26. The van der Waals surface area contributed by atoms with E-state index in [-0.39, 0.29) is 22.9 Å². The maximum Gasteiger partial charge on any atom is 0.334 e. The largest absolute Gasteiger partial charge is 0.469 e. The predicted molar refractivity (Wildman–Crippen MR) is 103 cm³/mol. The Morgan fingerprint density at radius 3 is 2.57 bits per heavy atom. The van der Waals surface area contributed by atoms with E-state index in [1.54, 1.807) is 24.3 Å². The van der Waals surface area contributed by atoms with E-state index < -0.39 is 11.2 Å². The summed E-state index contributed by atoms with van der Waals surface area (Å²) in [6, 6.07) is 8.68. The molecule has 1 N–H and O–H groups in total. The number of nitrogens with zero attached hydrogens (tertiary/aromatic N) is 4.